The minimum absolute atomic E-state index is 1.06. The molecule has 37 heavy (non-hydrogen) atoms. The van der Waals surface area contributed by atoms with Gasteiger partial charge >= 0.3 is 0 Å². The van der Waals surface area contributed by atoms with E-state index in [1.807, 2.05) is 85.5 Å². The lowest BCUT2D eigenvalue weighted by Crippen LogP contribution is -1.73. The maximum atomic E-state index is 4.18. The van der Waals surface area contributed by atoms with E-state index >= 15 is 0 Å². The van der Waals surface area contributed by atoms with Crippen LogP contribution in [0.15, 0.2) is 152 Å². The Morgan fingerprint density at radius 3 is 1.16 bits per heavy atom. The Bertz CT molecular complexity index is 1490. The fraction of sp³-hybridized carbons (Fsp3) is 0. The van der Waals surface area contributed by atoms with Gasteiger partial charge in [-0.25, -0.2) is 0 Å². The molecule has 4 nitrogen and oxygen atoms in total. The molecule has 0 amide bonds. The zero-order valence-electron chi connectivity index (χ0n) is 20.4. The van der Waals surface area contributed by atoms with Crippen molar-refractivity contribution in [2.24, 2.45) is 0 Å². The maximum absolute atomic E-state index is 4.18. The van der Waals surface area contributed by atoms with Crippen molar-refractivity contribution in [1.82, 2.24) is 19.9 Å². The number of benzene rings is 4. The van der Waals surface area contributed by atoms with E-state index in [1.165, 1.54) is 38.1 Å². The van der Waals surface area contributed by atoms with Gasteiger partial charge < -0.3 is 15.0 Å². The maximum Gasteiger partial charge on any atom is 0.0701 e. The van der Waals surface area contributed by atoms with E-state index < -0.39 is 0 Å². The first-order valence-electron chi connectivity index (χ1n) is 12.2. The molecule has 0 saturated heterocycles. The predicted octanol–water partition coefficient (Wildman–Crippen LogP) is 8.74. The smallest absolute Gasteiger partial charge is 0.0701 e. The molecule has 0 radical (unpaired) electrons. The summed E-state index contributed by atoms with van der Waals surface area (Å²) in [6, 6.07) is 42.9. The highest BCUT2D eigenvalue weighted by molar-refractivity contribution is 5.80. The van der Waals surface area contributed by atoms with Crippen LogP contribution in [0.1, 0.15) is 0 Å². The standard InChI is InChI=1S/C9H7N.3C8H7N/c1-2-6-9-8(4-1)5-3-7-10-9;3*1-2-4-8-7(3-1)5-6-9-8/h1-7H;3*1-6,9H. The van der Waals surface area contributed by atoms with Gasteiger partial charge in [-0.1, -0.05) is 78.9 Å². The molecule has 8 aromatic rings. The van der Waals surface area contributed by atoms with Gasteiger partial charge in [-0.05, 0) is 64.7 Å². The molecule has 4 aromatic carbocycles. The van der Waals surface area contributed by atoms with Crippen molar-refractivity contribution >= 4 is 43.6 Å². The van der Waals surface area contributed by atoms with Crippen LogP contribution in [0.2, 0.25) is 0 Å². The van der Waals surface area contributed by atoms with Crippen LogP contribution >= 0.6 is 0 Å². The van der Waals surface area contributed by atoms with Gasteiger partial charge in [0.1, 0.15) is 0 Å². The van der Waals surface area contributed by atoms with Crippen LogP contribution in [-0.2, 0) is 0 Å². The van der Waals surface area contributed by atoms with Gasteiger partial charge in [0.25, 0.3) is 0 Å². The second-order valence-electron chi connectivity index (χ2n) is 8.39. The van der Waals surface area contributed by atoms with Crippen LogP contribution in [0.5, 0.6) is 0 Å². The number of aromatic amines is 3. The van der Waals surface area contributed by atoms with Crippen LogP contribution in [-0.4, -0.2) is 19.9 Å². The number of pyridine rings is 1. The number of nitrogens with zero attached hydrogens (tertiary/aromatic N) is 1. The van der Waals surface area contributed by atoms with E-state index in [9.17, 15) is 0 Å². The Labute approximate surface area is 215 Å². The van der Waals surface area contributed by atoms with Crippen molar-refractivity contribution < 1.29 is 0 Å². The molecule has 0 aliphatic rings. The van der Waals surface area contributed by atoms with E-state index in [1.54, 1.807) is 0 Å². The molecule has 0 aliphatic heterocycles. The molecule has 4 heterocycles. The van der Waals surface area contributed by atoms with E-state index in [0.717, 1.165) is 5.52 Å². The number of nitrogens with one attached hydrogen (secondary N) is 3. The lowest BCUT2D eigenvalue weighted by Gasteiger charge is -1.91. The second kappa shape index (κ2) is 12.0. The highest BCUT2D eigenvalue weighted by atomic mass is 14.7. The Balaban J connectivity index is 0.000000101. The van der Waals surface area contributed by atoms with E-state index in [2.05, 4.69) is 86.7 Å². The number of para-hydroxylation sites is 4. The topological polar surface area (TPSA) is 60.3 Å². The number of hydrogen-bond donors (Lipinski definition) is 3. The summed E-state index contributed by atoms with van der Waals surface area (Å²) in [6.07, 6.45) is 7.66. The van der Waals surface area contributed by atoms with Crippen molar-refractivity contribution in [3.8, 4) is 0 Å². The first kappa shape index (κ1) is 23.6. The van der Waals surface area contributed by atoms with Crippen molar-refractivity contribution in [2.45, 2.75) is 0 Å². The van der Waals surface area contributed by atoms with Crippen molar-refractivity contribution in [3.05, 3.63) is 152 Å². The summed E-state index contributed by atoms with van der Waals surface area (Å²) in [5.41, 5.74) is 4.68. The second-order valence-corrected chi connectivity index (χ2v) is 8.39. The van der Waals surface area contributed by atoms with E-state index in [-0.39, 0.29) is 0 Å². The van der Waals surface area contributed by atoms with Gasteiger partial charge in [0.15, 0.2) is 0 Å². The number of aromatic nitrogens is 4. The lowest BCUT2D eigenvalue weighted by molar-refractivity contribution is 1.41. The van der Waals surface area contributed by atoms with Crippen molar-refractivity contribution in [2.75, 3.05) is 0 Å². The SMILES string of the molecule is c1ccc2[nH]ccc2c1.c1ccc2[nH]ccc2c1.c1ccc2[nH]ccc2c1.c1ccc2ncccc2c1. The Morgan fingerprint density at radius 1 is 0.351 bits per heavy atom. The summed E-state index contributed by atoms with van der Waals surface area (Å²) < 4.78 is 0. The molecule has 4 heteroatoms. The van der Waals surface area contributed by atoms with Gasteiger partial charge in [0.05, 0.1) is 5.52 Å². The molecular weight excluding hydrogens is 452 g/mol. The van der Waals surface area contributed by atoms with Crippen LogP contribution in [0.3, 0.4) is 0 Å². The highest BCUT2D eigenvalue weighted by Crippen LogP contribution is 2.11. The van der Waals surface area contributed by atoms with Gasteiger partial charge in [0, 0.05) is 46.7 Å². The normalized spacial score (nSPS) is 10.2. The van der Waals surface area contributed by atoms with Crippen molar-refractivity contribution in [1.29, 1.82) is 0 Å². The summed E-state index contributed by atoms with van der Waals surface area (Å²) >= 11 is 0. The third-order valence-electron chi connectivity index (χ3n) is 5.90. The average molecular weight is 481 g/mol. The number of rotatable bonds is 0. The molecular formula is C33H28N4. The molecule has 3 N–H and O–H groups in total. The Kier molecular flexibility index (Phi) is 7.70. The highest BCUT2D eigenvalue weighted by Gasteiger charge is 1.89. The number of fused-ring (bicyclic) bond motifs is 4. The zero-order chi connectivity index (χ0) is 25.1. The summed E-state index contributed by atoms with van der Waals surface area (Å²) in [4.78, 5) is 13.5. The Morgan fingerprint density at radius 2 is 0.730 bits per heavy atom. The molecule has 0 unspecified atom stereocenters. The predicted molar refractivity (Wildman–Crippen MR) is 157 cm³/mol. The van der Waals surface area contributed by atoms with E-state index in [0.29, 0.717) is 0 Å². The summed E-state index contributed by atoms with van der Waals surface area (Å²) in [5.74, 6) is 0. The van der Waals surface area contributed by atoms with E-state index in [4.69, 9.17) is 0 Å². The molecule has 0 atom stereocenters. The average Bonchev–Trinajstić information content (AvgIpc) is 3.75. The molecule has 4 aromatic heterocycles. The minimum Gasteiger partial charge on any atom is -0.361 e. The summed E-state index contributed by atoms with van der Waals surface area (Å²) in [6.45, 7) is 0. The quantitative estimate of drug-likeness (QED) is 0.200. The Hall–Kier alpha value is -5.09. The lowest BCUT2D eigenvalue weighted by atomic mass is 10.2. The number of H-pyrrole nitrogens is 3. The largest absolute Gasteiger partial charge is 0.361 e. The van der Waals surface area contributed by atoms with Crippen LogP contribution in [0, 0.1) is 0 Å². The first-order chi connectivity index (χ1) is 18.4. The molecule has 0 bridgehead atoms. The summed E-state index contributed by atoms with van der Waals surface area (Å²) in [7, 11) is 0. The fourth-order valence-corrected chi connectivity index (χ4v) is 4.00. The van der Waals surface area contributed by atoms with Gasteiger partial charge in [-0.15, -0.1) is 0 Å². The minimum atomic E-state index is 1.06. The van der Waals surface area contributed by atoms with Crippen LogP contribution < -0.4 is 0 Å². The first-order valence-corrected chi connectivity index (χ1v) is 12.2. The third-order valence-corrected chi connectivity index (χ3v) is 5.90. The summed E-state index contributed by atoms with van der Waals surface area (Å²) in [5, 5.41) is 5.03. The number of hydrogen-bond acceptors (Lipinski definition) is 1. The van der Waals surface area contributed by atoms with Crippen LogP contribution in [0.25, 0.3) is 43.6 Å². The van der Waals surface area contributed by atoms with Gasteiger partial charge in [-0.3, -0.25) is 4.98 Å². The van der Waals surface area contributed by atoms with Gasteiger partial charge in [0.2, 0.25) is 0 Å². The molecule has 0 spiro atoms. The molecule has 0 fully saturated rings. The fourth-order valence-electron chi connectivity index (χ4n) is 4.00. The van der Waals surface area contributed by atoms with Crippen molar-refractivity contribution in [3.63, 3.8) is 0 Å². The molecule has 0 saturated carbocycles. The van der Waals surface area contributed by atoms with Crippen LogP contribution in [0.4, 0.5) is 0 Å². The molecule has 0 aliphatic carbocycles. The molecule has 8 rings (SSSR count). The third kappa shape index (κ3) is 6.32. The zero-order valence-corrected chi connectivity index (χ0v) is 20.4. The molecule has 180 valence electrons. The monoisotopic (exact) mass is 480 g/mol. The van der Waals surface area contributed by atoms with Gasteiger partial charge in [-0.2, -0.15) is 0 Å².